The van der Waals surface area contributed by atoms with E-state index in [1.165, 1.54) is 19.3 Å². The van der Waals surface area contributed by atoms with Crippen LogP contribution in [0.2, 0.25) is 0 Å². The highest BCUT2D eigenvalue weighted by Gasteiger charge is 2.66. The Kier molecular flexibility index (Phi) is 2.04. The van der Waals surface area contributed by atoms with Crippen molar-refractivity contribution < 1.29 is 8.42 Å². The van der Waals surface area contributed by atoms with Gasteiger partial charge in [0.25, 0.3) is 14.2 Å². The van der Waals surface area contributed by atoms with Crippen molar-refractivity contribution in [2.75, 3.05) is 0 Å². The van der Waals surface area contributed by atoms with E-state index < -0.39 is 9.05 Å². The second-order valence-electron chi connectivity index (χ2n) is 5.85. The molecule has 18 heavy (non-hydrogen) atoms. The zero-order valence-corrected chi connectivity index (χ0v) is 11.5. The van der Waals surface area contributed by atoms with Crippen LogP contribution in [0.3, 0.4) is 0 Å². The van der Waals surface area contributed by atoms with Crippen LogP contribution >= 0.6 is 10.7 Å². The molecule has 0 saturated heterocycles. The van der Waals surface area contributed by atoms with E-state index in [4.69, 9.17) is 10.7 Å². The summed E-state index contributed by atoms with van der Waals surface area (Å²) in [5, 5.41) is 7.68. The third-order valence-electron chi connectivity index (χ3n) is 5.12. The molecule has 3 saturated carbocycles. The van der Waals surface area contributed by atoms with Crippen LogP contribution in [-0.4, -0.2) is 23.2 Å². The first kappa shape index (κ1) is 11.2. The Morgan fingerprint density at radius 2 is 1.83 bits per heavy atom. The van der Waals surface area contributed by atoms with Gasteiger partial charge in [-0.15, -0.1) is 10.2 Å². The summed E-state index contributed by atoms with van der Waals surface area (Å²) < 4.78 is 24.2. The molecule has 1 aromatic rings. The van der Waals surface area contributed by atoms with Gasteiger partial charge in [-0.1, -0.05) is 0 Å². The Morgan fingerprint density at radius 1 is 1.22 bits per heavy atom. The second-order valence-corrected chi connectivity index (χ2v) is 8.31. The summed E-state index contributed by atoms with van der Waals surface area (Å²) in [6.45, 7) is 0. The van der Waals surface area contributed by atoms with Gasteiger partial charge in [0.15, 0.2) is 0 Å². The molecule has 0 aromatic carbocycles. The first-order valence-corrected chi connectivity index (χ1v) is 8.63. The van der Waals surface area contributed by atoms with Crippen LogP contribution in [0.1, 0.15) is 31.0 Å². The quantitative estimate of drug-likeness (QED) is 0.773. The van der Waals surface area contributed by atoms with Gasteiger partial charge in [0.1, 0.15) is 5.82 Å². The predicted octanol–water partition coefficient (Wildman–Crippen LogP) is 1.50. The van der Waals surface area contributed by atoms with Crippen molar-refractivity contribution in [2.45, 2.75) is 30.3 Å². The van der Waals surface area contributed by atoms with Crippen molar-refractivity contribution in [3.8, 4) is 0 Å². The minimum atomic E-state index is -3.79. The number of nitrogens with zero attached hydrogens (tertiary/aromatic N) is 3. The topological polar surface area (TPSA) is 64.8 Å². The van der Waals surface area contributed by atoms with Gasteiger partial charge in [-0.2, -0.15) is 0 Å². The smallest absolute Gasteiger partial charge is 0.296 e. The van der Waals surface area contributed by atoms with Gasteiger partial charge >= 0.3 is 0 Å². The Labute approximate surface area is 110 Å². The minimum absolute atomic E-state index is 0.128. The summed E-state index contributed by atoms with van der Waals surface area (Å²) in [7, 11) is 3.24. The SMILES string of the molecule is Cn1c(C2C3C4CCC(C4)C23)nnc1S(=O)(=O)Cl. The van der Waals surface area contributed by atoms with E-state index in [0.29, 0.717) is 5.92 Å². The standard InChI is InChI=1S/C11H14ClN3O2S/c1-15-10(13-14-11(15)18(12,16)17)9-7-5-2-3-6(4-5)8(7)9/h5-9H,2-4H2,1H3. The van der Waals surface area contributed by atoms with Gasteiger partial charge in [0, 0.05) is 23.6 Å². The molecule has 0 radical (unpaired) electrons. The molecule has 4 rings (SSSR count). The van der Waals surface area contributed by atoms with E-state index in [0.717, 1.165) is 29.5 Å². The average molecular weight is 288 g/mol. The number of aromatic nitrogens is 3. The van der Waals surface area contributed by atoms with Gasteiger partial charge in [-0.25, -0.2) is 8.42 Å². The van der Waals surface area contributed by atoms with E-state index in [1.807, 2.05) is 0 Å². The maximum Gasteiger partial charge on any atom is 0.296 e. The fourth-order valence-electron chi connectivity index (χ4n) is 4.50. The summed E-state index contributed by atoms with van der Waals surface area (Å²) in [5.41, 5.74) is 0. The summed E-state index contributed by atoms with van der Waals surface area (Å²) in [5.74, 6) is 4.33. The van der Waals surface area contributed by atoms with Gasteiger partial charge in [0.05, 0.1) is 0 Å². The largest absolute Gasteiger partial charge is 0.304 e. The van der Waals surface area contributed by atoms with E-state index in [-0.39, 0.29) is 5.16 Å². The van der Waals surface area contributed by atoms with Crippen LogP contribution in [0.15, 0.2) is 5.16 Å². The molecule has 98 valence electrons. The van der Waals surface area contributed by atoms with Gasteiger partial charge in [-0.3, -0.25) is 0 Å². The van der Waals surface area contributed by atoms with Crippen molar-refractivity contribution in [3.63, 3.8) is 0 Å². The molecule has 1 heterocycles. The molecule has 7 heteroatoms. The van der Waals surface area contributed by atoms with Crippen LogP contribution in [0.4, 0.5) is 0 Å². The highest BCUT2D eigenvalue weighted by Crippen LogP contribution is 2.72. The molecule has 3 fully saturated rings. The summed E-state index contributed by atoms with van der Waals surface area (Å²) in [4.78, 5) is 0. The molecule has 2 bridgehead atoms. The lowest BCUT2D eigenvalue weighted by atomic mass is 10.0. The summed E-state index contributed by atoms with van der Waals surface area (Å²) in [6.07, 6.45) is 4.03. The highest BCUT2D eigenvalue weighted by atomic mass is 35.7. The van der Waals surface area contributed by atoms with E-state index in [1.54, 1.807) is 11.6 Å². The van der Waals surface area contributed by atoms with Crippen molar-refractivity contribution >= 4 is 19.7 Å². The third kappa shape index (κ3) is 1.30. The van der Waals surface area contributed by atoms with Crippen LogP contribution in [-0.2, 0) is 16.1 Å². The monoisotopic (exact) mass is 287 g/mol. The van der Waals surface area contributed by atoms with Gasteiger partial charge < -0.3 is 4.57 Å². The lowest BCUT2D eigenvalue weighted by molar-refractivity contribution is 0.456. The number of hydrogen-bond donors (Lipinski definition) is 0. The number of fused-ring (bicyclic) bond motifs is 5. The Balaban J connectivity index is 1.71. The number of halogens is 1. The maximum atomic E-state index is 11.3. The maximum absolute atomic E-state index is 11.3. The highest BCUT2D eigenvalue weighted by molar-refractivity contribution is 8.13. The molecule has 0 N–H and O–H groups in total. The Morgan fingerprint density at radius 3 is 2.33 bits per heavy atom. The molecule has 0 amide bonds. The van der Waals surface area contributed by atoms with E-state index in [2.05, 4.69) is 10.2 Å². The molecule has 3 aliphatic carbocycles. The fraction of sp³-hybridized carbons (Fsp3) is 0.818. The Hall–Kier alpha value is -0.620. The average Bonchev–Trinajstić information content (AvgIpc) is 2.67. The van der Waals surface area contributed by atoms with Crippen LogP contribution in [0, 0.1) is 23.7 Å². The molecule has 1 aromatic heterocycles. The molecular formula is C11H14ClN3O2S. The molecule has 3 aliphatic rings. The molecule has 4 unspecified atom stereocenters. The second kappa shape index (κ2) is 3.28. The van der Waals surface area contributed by atoms with Crippen molar-refractivity contribution in [1.29, 1.82) is 0 Å². The molecule has 0 spiro atoms. The summed E-state index contributed by atoms with van der Waals surface area (Å²) in [6, 6.07) is 0. The third-order valence-corrected chi connectivity index (χ3v) is 6.33. The lowest BCUT2D eigenvalue weighted by Crippen LogP contribution is -2.07. The first-order chi connectivity index (χ1) is 8.48. The van der Waals surface area contributed by atoms with E-state index >= 15 is 0 Å². The minimum Gasteiger partial charge on any atom is -0.304 e. The molecule has 0 aliphatic heterocycles. The first-order valence-electron chi connectivity index (χ1n) is 6.32. The van der Waals surface area contributed by atoms with Crippen LogP contribution in [0.5, 0.6) is 0 Å². The predicted molar refractivity (Wildman–Crippen MR) is 64.6 cm³/mol. The lowest BCUT2D eigenvalue weighted by Gasteiger charge is -2.07. The molecule has 4 atom stereocenters. The number of rotatable bonds is 2. The van der Waals surface area contributed by atoms with Crippen molar-refractivity contribution in [1.82, 2.24) is 14.8 Å². The van der Waals surface area contributed by atoms with Crippen LogP contribution < -0.4 is 0 Å². The van der Waals surface area contributed by atoms with Gasteiger partial charge in [0.2, 0.25) is 0 Å². The van der Waals surface area contributed by atoms with Gasteiger partial charge in [-0.05, 0) is 42.9 Å². The fourth-order valence-corrected chi connectivity index (χ4v) is 5.46. The van der Waals surface area contributed by atoms with Crippen molar-refractivity contribution in [3.05, 3.63) is 5.82 Å². The normalized spacial score (nSPS) is 41.1. The van der Waals surface area contributed by atoms with Crippen LogP contribution in [0.25, 0.3) is 0 Å². The summed E-state index contributed by atoms with van der Waals surface area (Å²) >= 11 is 0. The zero-order chi connectivity index (χ0) is 12.7. The Bertz CT molecular complexity index is 610. The molecular weight excluding hydrogens is 274 g/mol. The molecule has 5 nitrogen and oxygen atoms in total. The van der Waals surface area contributed by atoms with E-state index in [9.17, 15) is 8.42 Å². The number of hydrogen-bond acceptors (Lipinski definition) is 4. The van der Waals surface area contributed by atoms with Crippen molar-refractivity contribution in [2.24, 2.45) is 30.7 Å². The zero-order valence-electron chi connectivity index (χ0n) is 9.95.